The molecule has 0 aliphatic heterocycles. The van der Waals surface area contributed by atoms with Gasteiger partial charge in [0, 0.05) is 11.6 Å². The largest absolute Gasteiger partial charge is 0.495 e. The molecule has 1 aromatic rings. The third kappa shape index (κ3) is 2.31. The number of methoxy groups -OCH3 is 2. The smallest absolute Gasteiger partial charge is 0.235 e. The van der Waals surface area contributed by atoms with Crippen LogP contribution in [0.25, 0.3) is 0 Å². The van der Waals surface area contributed by atoms with E-state index in [2.05, 4.69) is 9.98 Å². The van der Waals surface area contributed by atoms with E-state index in [1.807, 2.05) is 0 Å². The Labute approximate surface area is 81.4 Å². The van der Waals surface area contributed by atoms with E-state index >= 15 is 0 Å². The van der Waals surface area contributed by atoms with Crippen molar-refractivity contribution in [3.63, 3.8) is 0 Å². The van der Waals surface area contributed by atoms with Crippen molar-refractivity contribution in [2.75, 3.05) is 14.2 Å². The average Bonchev–Trinajstić information content (AvgIpc) is 2.25. The molecule has 0 amide bonds. The first kappa shape index (κ1) is 10.2. The van der Waals surface area contributed by atoms with E-state index in [1.165, 1.54) is 26.5 Å². The number of nitrogens with zero attached hydrogens (tertiary/aromatic N) is 2. The van der Waals surface area contributed by atoms with Crippen LogP contribution in [0.5, 0.6) is 11.6 Å². The van der Waals surface area contributed by atoms with Crippen molar-refractivity contribution in [2.24, 2.45) is 4.99 Å². The van der Waals surface area contributed by atoms with E-state index in [9.17, 15) is 4.79 Å². The third-order valence-corrected chi connectivity index (χ3v) is 1.67. The van der Waals surface area contributed by atoms with E-state index in [0.29, 0.717) is 11.6 Å². The van der Waals surface area contributed by atoms with Crippen molar-refractivity contribution in [1.29, 1.82) is 0 Å². The van der Waals surface area contributed by atoms with Crippen LogP contribution in [0.4, 0.5) is 0 Å². The molecule has 74 valence electrons. The molecular formula is C9H10N2O3. The summed E-state index contributed by atoms with van der Waals surface area (Å²) in [6, 6.07) is 1.67. The maximum Gasteiger partial charge on any atom is 0.235 e. The molecule has 0 fully saturated rings. The van der Waals surface area contributed by atoms with Gasteiger partial charge in [0.2, 0.25) is 12.0 Å². The number of hydrogen-bond acceptors (Lipinski definition) is 5. The van der Waals surface area contributed by atoms with Gasteiger partial charge in [0.15, 0.2) is 0 Å². The number of aromatic nitrogens is 1. The highest BCUT2D eigenvalue weighted by Crippen LogP contribution is 2.21. The van der Waals surface area contributed by atoms with Crippen LogP contribution in [0, 0.1) is 0 Å². The minimum Gasteiger partial charge on any atom is -0.495 e. The molecule has 0 bridgehead atoms. The number of hydrogen-bond donors (Lipinski definition) is 0. The highest BCUT2D eigenvalue weighted by Gasteiger charge is 2.04. The lowest BCUT2D eigenvalue weighted by molar-refractivity contribution is 0.384. The van der Waals surface area contributed by atoms with Crippen molar-refractivity contribution >= 4 is 6.08 Å². The minimum absolute atomic E-state index is 0.214. The molecule has 0 spiro atoms. The van der Waals surface area contributed by atoms with Crippen molar-refractivity contribution in [2.45, 2.75) is 6.54 Å². The van der Waals surface area contributed by atoms with Gasteiger partial charge in [-0.05, 0) is 0 Å². The Balaban J connectivity index is 3.01. The number of pyridine rings is 1. The Morgan fingerprint density at radius 3 is 2.86 bits per heavy atom. The van der Waals surface area contributed by atoms with Crippen LogP contribution in [-0.4, -0.2) is 25.3 Å². The molecule has 0 aliphatic rings. The average molecular weight is 194 g/mol. The summed E-state index contributed by atoms with van der Waals surface area (Å²) < 4.78 is 9.96. The fraction of sp³-hybridized carbons (Fsp3) is 0.333. The Bertz CT molecular complexity index is 359. The van der Waals surface area contributed by atoms with Crippen LogP contribution >= 0.6 is 0 Å². The van der Waals surface area contributed by atoms with E-state index in [-0.39, 0.29) is 6.54 Å². The Kier molecular flexibility index (Phi) is 3.64. The lowest BCUT2D eigenvalue weighted by Gasteiger charge is -2.06. The summed E-state index contributed by atoms with van der Waals surface area (Å²) in [5.74, 6) is 1.03. The molecule has 0 saturated carbocycles. The summed E-state index contributed by atoms with van der Waals surface area (Å²) in [6.45, 7) is 0.214. The summed E-state index contributed by atoms with van der Waals surface area (Å²) in [6.07, 6.45) is 2.99. The molecule has 5 nitrogen and oxygen atoms in total. The number of ether oxygens (including phenoxy) is 2. The quantitative estimate of drug-likeness (QED) is 0.528. The van der Waals surface area contributed by atoms with Gasteiger partial charge in [-0.15, -0.1) is 0 Å². The standard InChI is InChI=1S/C9H10N2O3/c1-13-8-5-11-9(14-2)3-7(8)4-10-6-12/h3,5H,4H2,1-2H3. The third-order valence-electron chi connectivity index (χ3n) is 1.67. The van der Waals surface area contributed by atoms with Crippen LogP contribution in [0.2, 0.25) is 0 Å². The van der Waals surface area contributed by atoms with Crippen molar-refractivity contribution < 1.29 is 14.3 Å². The van der Waals surface area contributed by atoms with Crippen molar-refractivity contribution in [3.8, 4) is 11.6 Å². The summed E-state index contributed by atoms with van der Waals surface area (Å²) in [5.41, 5.74) is 0.739. The maximum atomic E-state index is 9.95. The van der Waals surface area contributed by atoms with Gasteiger partial charge in [0.25, 0.3) is 0 Å². The molecule has 0 aromatic carbocycles. The summed E-state index contributed by atoms with van der Waals surface area (Å²) in [5, 5.41) is 0. The lowest BCUT2D eigenvalue weighted by atomic mass is 10.2. The predicted molar refractivity (Wildman–Crippen MR) is 49.2 cm³/mol. The molecule has 1 heterocycles. The minimum atomic E-state index is 0.214. The zero-order valence-electron chi connectivity index (χ0n) is 7.98. The van der Waals surface area contributed by atoms with Crippen molar-refractivity contribution in [1.82, 2.24) is 4.98 Å². The normalized spacial score (nSPS) is 9.00. The van der Waals surface area contributed by atoms with Gasteiger partial charge < -0.3 is 9.47 Å². The first-order valence-corrected chi connectivity index (χ1v) is 3.92. The Hall–Kier alpha value is -1.87. The van der Waals surface area contributed by atoms with Gasteiger partial charge in [0.1, 0.15) is 5.75 Å². The number of aliphatic imine (C=N–C) groups is 1. The molecule has 0 unspecified atom stereocenters. The topological polar surface area (TPSA) is 60.8 Å². The fourth-order valence-electron chi connectivity index (χ4n) is 0.999. The summed E-state index contributed by atoms with van der Waals surface area (Å²) in [4.78, 5) is 17.4. The Morgan fingerprint density at radius 1 is 1.50 bits per heavy atom. The monoisotopic (exact) mass is 194 g/mol. The van der Waals surface area contributed by atoms with Crippen LogP contribution in [0.1, 0.15) is 5.56 Å². The molecule has 14 heavy (non-hydrogen) atoms. The van der Waals surface area contributed by atoms with Crippen LogP contribution in [-0.2, 0) is 11.3 Å². The maximum absolute atomic E-state index is 9.95. The van der Waals surface area contributed by atoms with Gasteiger partial charge in [-0.25, -0.2) is 14.8 Å². The molecule has 5 heteroatoms. The molecule has 0 aliphatic carbocycles. The van der Waals surface area contributed by atoms with E-state index in [0.717, 1.165) is 5.56 Å². The second-order valence-corrected chi connectivity index (χ2v) is 2.45. The molecule has 1 aromatic heterocycles. The Morgan fingerprint density at radius 2 is 2.29 bits per heavy atom. The highest BCUT2D eigenvalue weighted by molar-refractivity contribution is 5.38. The first-order valence-electron chi connectivity index (χ1n) is 3.92. The van der Waals surface area contributed by atoms with E-state index in [4.69, 9.17) is 9.47 Å². The van der Waals surface area contributed by atoms with Gasteiger partial charge in [-0.1, -0.05) is 0 Å². The SMILES string of the molecule is COc1cc(CN=C=O)c(OC)cn1. The van der Waals surface area contributed by atoms with Crippen molar-refractivity contribution in [3.05, 3.63) is 17.8 Å². The van der Waals surface area contributed by atoms with Gasteiger partial charge >= 0.3 is 0 Å². The van der Waals surface area contributed by atoms with Gasteiger partial charge in [0.05, 0.1) is 27.0 Å². The van der Waals surface area contributed by atoms with Crippen LogP contribution in [0.15, 0.2) is 17.3 Å². The number of carbonyl (C=O) groups excluding carboxylic acids is 1. The molecule has 0 atom stereocenters. The summed E-state index contributed by atoms with van der Waals surface area (Å²) >= 11 is 0. The molecule has 1 rings (SSSR count). The number of isocyanates is 1. The lowest BCUT2D eigenvalue weighted by Crippen LogP contribution is -1.95. The zero-order chi connectivity index (χ0) is 10.4. The van der Waals surface area contributed by atoms with Gasteiger partial charge in [-0.2, -0.15) is 0 Å². The number of rotatable bonds is 4. The second kappa shape index (κ2) is 4.99. The highest BCUT2D eigenvalue weighted by atomic mass is 16.5. The summed E-state index contributed by atoms with van der Waals surface area (Å²) in [7, 11) is 3.04. The van der Waals surface area contributed by atoms with Crippen LogP contribution in [0.3, 0.4) is 0 Å². The van der Waals surface area contributed by atoms with E-state index in [1.54, 1.807) is 6.07 Å². The molecule has 0 radical (unpaired) electrons. The fourth-order valence-corrected chi connectivity index (χ4v) is 0.999. The predicted octanol–water partition coefficient (Wildman–Crippen LogP) is 0.935. The first-order chi connectivity index (χ1) is 6.81. The van der Waals surface area contributed by atoms with Gasteiger partial charge in [-0.3, -0.25) is 0 Å². The zero-order valence-corrected chi connectivity index (χ0v) is 7.98. The molecule has 0 N–H and O–H groups in total. The second-order valence-electron chi connectivity index (χ2n) is 2.45. The molecule has 0 saturated heterocycles. The van der Waals surface area contributed by atoms with E-state index < -0.39 is 0 Å². The molecular weight excluding hydrogens is 184 g/mol. The van der Waals surface area contributed by atoms with Crippen LogP contribution < -0.4 is 9.47 Å².